The molecule has 0 spiro atoms. The topological polar surface area (TPSA) is 12.0 Å². The molecular weight excluding hydrogens is 201 g/mol. The maximum absolute atomic E-state index is 13.3. The van der Waals surface area contributed by atoms with Crippen LogP contribution >= 0.6 is 0 Å². The van der Waals surface area contributed by atoms with Crippen LogP contribution in [0.3, 0.4) is 0 Å². The summed E-state index contributed by atoms with van der Waals surface area (Å²) in [6.45, 7) is 5.40. The number of hydrogen-bond acceptors (Lipinski definition) is 1. The van der Waals surface area contributed by atoms with E-state index in [2.05, 4.69) is 19.2 Å². The first-order valence-corrected chi connectivity index (χ1v) is 6.09. The van der Waals surface area contributed by atoms with E-state index < -0.39 is 0 Å². The standard InChI is InChI=1S/C14H20FN/c1-11(14(2)8-9-14)16-10-7-12-5-3-4-6-13(12)15/h3-6,11,16H,7-10H2,1-2H3. The SMILES string of the molecule is CC(NCCc1ccccc1F)C1(C)CC1. The van der Waals surface area contributed by atoms with Gasteiger partial charge in [-0.15, -0.1) is 0 Å². The number of hydrogen-bond donors (Lipinski definition) is 1. The molecule has 1 aliphatic rings. The highest BCUT2D eigenvalue weighted by molar-refractivity contribution is 5.17. The highest BCUT2D eigenvalue weighted by Crippen LogP contribution is 2.47. The predicted octanol–water partition coefficient (Wildman–Crippen LogP) is 3.15. The van der Waals surface area contributed by atoms with Crippen molar-refractivity contribution >= 4 is 0 Å². The summed E-state index contributed by atoms with van der Waals surface area (Å²) in [4.78, 5) is 0. The van der Waals surface area contributed by atoms with Crippen molar-refractivity contribution in [2.75, 3.05) is 6.54 Å². The monoisotopic (exact) mass is 221 g/mol. The van der Waals surface area contributed by atoms with Gasteiger partial charge in [-0.2, -0.15) is 0 Å². The first-order chi connectivity index (χ1) is 7.62. The second kappa shape index (κ2) is 4.54. The predicted molar refractivity (Wildman–Crippen MR) is 64.9 cm³/mol. The second-order valence-corrected chi connectivity index (χ2v) is 5.17. The van der Waals surface area contributed by atoms with Crippen molar-refractivity contribution < 1.29 is 4.39 Å². The largest absolute Gasteiger partial charge is 0.313 e. The van der Waals surface area contributed by atoms with Crippen LogP contribution < -0.4 is 5.32 Å². The van der Waals surface area contributed by atoms with Crippen LogP contribution in [0.2, 0.25) is 0 Å². The molecule has 2 rings (SSSR count). The van der Waals surface area contributed by atoms with Crippen molar-refractivity contribution in [2.24, 2.45) is 5.41 Å². The number of rotatable bonds is 5. The van der Waals surface area contributed by atoms with E-state index in [1.54, 1.807) is 6.07 Å². The zero-order valence-electron chi connectivity index (χ0n) is 10.1. The fourth-order valence-corrected chi connectivity index (χ4v) is 2.00. The Morgan fingerprint density at radius 1 is 1.38 bits per heavy atom. The van der Waals surface area contributed by atoms with Crippen LogP contribution in [0.15, 0.2) is 24.3 Å². The molecule has 0 saturated heterocycles. The van der Waals surface area contributed by atoms with E-state index in [9.17, 15) is 4.39 Å². The second-order valence-electron chi connectivity index (χ2n) is 5.17. The summed E-state index contributed by atoms with van der Waals surface area (Å²) in [6.07, 6.45) is 3.41. The minimum atomic E-state index is -0.0883. The van der Waals surface area contributed by atoms with Crippen LogP contribution in [0.1, 0.15) is 32.3 Å². The molecule has 1 N–H and O–H groups in total. The third-order valence-corrected chi connectivity index (χ3v) is 3.89. The van der Waals surface area contributed by atoms with Crippen molar-refractivity contribution in [3.05, 3.63) is 35.6 Å². The van der Waals surface area contributed by atoms with Crippen molar-refractivity contribution in [3.8, 4) is 0 Å². The number of nitrogens with one attached hydrogen (secondary N) is 1. The van der Waals surface area contributed by atoms with Crippen molar-refractivity contribution in [1.29, 1.82) is 0 Å². The highest BCUT2D eigenvalue weighted by Gasteiger charge is 2.41. The van der Waals surface area contributed by atoms with Crippen LogP contribution in [0, 0.1) is 11.2 Å². The van der Waals surface area contributed by atoms with Gasteiger partial charge in [0, 0.05) is 6.04 Å². The van der Waals surface area contributed by atoms with Crippen LogP contribution in [-0.2, 0) is 6.42 Å². The molecule has 0 bridgehead atoms. The van der Waals surface area contributed by atoms with Gasteiger partial charge in [-0.05, 0) is 49.8 Å². The lowest BCUT2D eigenvalue weighted by Gasteiger charge is -2.20. The molecule has 0 amide bonds. The molecular formula is C14H20FN. The minimum absolute atomic E-state index is 0.0883. The molecule has 0 aliphatic heterocycles. The van der Waals surface area contributed by atoms with Gasteiger partial charge in [0.2, 0.25) is 0 Å². The summed E-state index contributed by atoms with van der Waals surface area (Å²) in [7, 11) is 0. The van der Waals surface area contributed by atoms with E-state index in [1.165, 1.54) is 18.9 Å². The molecule has 1 aromatic rings. The first-order valence-electron chi connectivity index (χ1n) is 6.09. The van der Waals surface area contributed by atoms with E-state index >= 15 is 0 Å². The quantitative estimate of drug-likeness (QED) is 0.805. The van der Waals surface area contributed by atoms with Crippen LogP contribution in [0.4, 0.5) is 4.39 Å². The normalized spacial score (nSPS) is 19.4. The smallest absolute Gasteiger partial charge is 0.126 e. The molecule has 88 valence electrons. The fraction of sp³-hybridized carbons (Fsp3) is 0.571. The average Bonchev–Trinajstić information content (AvgIpc) is 3.01. The van der Waals surface area contributed by atoms with E-state index in [0.717, 1.165) is 18.5 Å². The highest BCUT2D eigenvalue weighted by atomic mass is 19.1. The third-order valence-electron chi connectivity index (χ3n) is 3.89. The van der Waals surface area contributed by atoms with E-state index in [-0.39, 0.29) is 5.82 Å². The molecule has 1 saturated carbocycles. The molecule has 1 aromatic carbocycles. The van der Waals surface area contributed by atoms with Crippen LogP contribution in [0.5, 0.6) is 0 Å². The Morgan fingerprint density at radius 2 is 2.06 bits per heavy atom. The Labute approximate surface area is 97.1 Å². The summed E-state index contributed by atoms with van der Waals surface area (Å²) in [5.41, 5.74) is 1.30. The molecule has 16 heavy (non-hydrogen) atoms. The zero-order valence-corrected chi connectivity index (χ0v) is 10.1. The lowest BCUT2D eigenvalue weighted by atomic mass is 10.0. The van der Waals surface area contributed by atoms with Gasteiger partial charge in [0.15, 0.2) is 0 Å². The molecule has 2 heteroatoms. The van der Waals surface area contributed by atoms with E-state index in [1.807, 2.05) is 12.1 Å². The zero-order chi connectivity index (χ0) is 11.6. The Hall–Kier alpha value is -0.890. The molecule has 0 radical (unpaired) electrons. The molecule has 1 aliphatic carbocycles. The van der Waals surface area contributed by atoms with Gasteiger partial charge in [-0.1, -0.05) is 25.1 Å². The minimum Gasteiger partial charge on any atom is -0.313 e. The molecule has 0 aromatic heterocycles. The molecule has 1 nitrogen and oxygen atoms in total. The molecule has 1 atom stereocenters. The van der Waals surface area contributed by atoms with Gasteiger partial charge in [0.25, 0.3) is 0 Å². The molecule has 1 fully saturated rings. The van der Waals surface area contributed by atoms with Gasteiger partial charge in [-0.3, -0.25) is 0 Å². The van der Waals surface area contributed by atoms with Gasteiger partial charge in [-0.25, -0.2) is 4.39 Å². The van der Waals surface area contributed by atoms with Gasteiger partial charge < -0.3 is 5.32 Å². The summed E-state index contributed by atoms with van der Waals surface area (Å²) < 4.78 is 13.3. The van der Waals surface area contributed by atoms with Gasteiger partial charge >= 0.3 is 0 Å². The lowest BCUT2D eigenvalue weighted by Crippen LogP contribution is -2.34. The van der Waals surface area contributed by atoms with E-state index in [0.29, 0.717) is 11.5 Å². The number of benzene rings is 1. The maximum atomic E-state index is 13.3. The summed E-state index contributed by atoms with van der Waals surface area (Å²) >= 11 is 0. The Morgan fingerprint density at radius 3 is 2.69 bits per heavy atom. The Bertz CT molecular complexity index is 358. The van der Waals surface area contributed by atoms with E-state index in [4.69, 9.17) is 0 Å². The van der Waals surface area contributed by atoms with Crippen molar-refractivity contribution in [3.63, 3.8) is 0 Å². The first kappa shape index (κ1) is 11.6. The van der Waals surface area contributed by atoms with Gasteiger partial charge in [0.1, 0.15) is 5.82 Å². The summed E-state index contributed by atoms with van der Waals surface area (Å²) in [5.74, 6) is -0.0883. The summed E-state index contributed by atoms with van der Waals surface area (Å²) in [5, 5.41) is 3.49. The molecule has 1 unspecified atom stereocenters. The van der Waals surface area contributed by atoms with Crippen molar-refractivity contribution in [2.45, 2.75) is 39.2 Å². The summed E-state index contributed by atoms with van der Waals surface area (Å²) in [6, 6.07) is 7.56. The third kappa shape index (κ3) is 2.62. The maximum Gasteiger partial charge on any atom is 0.126 e. The van der Waals surface area contributed by atoms with Crippen LogP contribution in [-0.4, -0.2) is 12.6 Å². The van der Waals surface area contributed by atoms with Gasteiger partial charge in [0.05, 0.1) is 0 Å². The Kier molecular flexibility index (Phi) is 3.29. The fourth-order valence-electron chi connectivity index (χ4n) is 2.00. The number of halogens is 1. The van der Waals surface area contributed by atoms with Crippen LogP contribution in [0.25, 0.3) is 0 Å². The average molecular weight is 221 g/mol. The van der Waals surface area contributed by atoms with Crippen molar-refractivity contribution in [1.82, 2.24) is 5.32 Å². The lowest BCUT2D eigenvalue weighted by molar-refractivity contribution is 0.383. The Balaban J connectivity index is 1.78. The molecule has 0 heterocycles.